The number of aryl methyl sites for hydroxylation is 1. The number of benzene rings is 1. The molecule has 4 heteroatoms. The van der Waals surface area contributed by atoms with Crippen molar-refractivity contribution >= 4 is 39.2 Å². The molecular formula is C18H29Cl3Si. The van der Waals surface area contributed by atoms with E-state index in [0.29, 0.717) is 0 Å². The van der Waals surface area contributed by atoms with Crippen LogP contribution in [-0.2, 0) is 6.42 Å². The third-order valence-corrected chi connectivity index (χ3v) is 6.64. The highest BCUT2D eigenvalue weighted by Crippen LogP contribution is 2.27. The van der Waals surface area contributed by atoms with Crippen molar-refractivity contribution in [2.45, 2.75) is 76.7 Å². The summed E-state index contributed by atoms with van der Waals surface area (Å²) in [6, 6.07) is 9.26. The molecule has 126 valence electrons. The minimum absolute atomic E-state index is 0.819. The molecular weight excluding hydrogens is 351 g/mol. The van der Waals surface area contributed by atoms with E-state index in [0.717, 1.165) is 12.5 Å². The highest BCUT2D eigenvalue weighted by Gasteiger charge is 2.23. The van der Waals surface area contributed by atoms with Gasteiger partial charge in [0, 0.05) is 0 Å². The van der Waals surface area contributed by atoms with Crippen LogP contribution in [0.25, 0.3) is 0 Å². The third-order valence-electron chi connectivity index (χ3n) is 4.02. The van der Waals surface area contributed by atoms with Crippen molar-refractivity contribution in [2.24, 2.45) is 0 Å². The van der Waals surface area contributed by atoms with Crippen LogP contribution in [0.4, 0.5) is 0 Å². The van der Waals surface area contributed by atoms with Gasteiger partial charge in [0.05, 0.1) is 0 Å². The largest absolute Gasteiger partial charge is 0.341 e. The van der Waals surface area contributed by atoms with E-state index in [1.807, 2.05) is 0 Å². The first-order chi connectivity index (χ1) is 10.6. The molecule has 0 radical (unpaired) electrons. The molecule has 0 aliphatic carbocycles. The first-order valence-corrected chi connectivity index (χ1v) is 13.9. The first-order valence-electron chi connectivity index (χ1n) is 8.68. The second-order valence-electron chi connectivity index (χ2n) is 6.14. The third kappa shape index (κ3) is 12.8. The van der Waals surface area contributed by atoms with Gasteiger partial charge < -0.3 is 0 Å². The van der Waals surface area contributed by atoms with E-state index in [4.69, 9.17) is 33.2 Å². The highest BCUT2D eigenvalue weighted by atomic mass is 35.8. The van der Waals surface area contributed by atoms with Crippen molar-refractivity contribution in [3.63, 3.8) is 0 Å². The molecule has 0 heterocycles. The van der Waals surface area contributed by atoms with Crippen molar-refractivity contribution < 1.29 is 0 Å². The lowest BCUT2D eigenvalue weighted by atomic mass is 10.0. The summed E-state index contributed by atoms with van der Waals surface area (Å²) in [5.41, 5.74) is 1.47. The molecule has 0 aliphatic rings. The summed E-state index contributed by atoms with van der Waals surface area (Å²) in [6.07, 6.45) is 14.4. The van der Waals surface area contributed by atoms with E-state index < -0.39 is 6.00 Å². The Morgan fingerprint density at radius 3 is 1.55 bits per heavy atom. The Kier molecular flexibility index (Phi) is 11.7. The van der Waals surface area contributed by atoms with Crippen molar-refractivity contribution in [3.05, 3.63) is 35.9 Å². The molecule has 0 saturated heterocycles. The van der Waals surface area contributed by atoms with Gasteiger partial charge in [-0.25, -0.2) is 0 Å². The highest BCUT2D eigenvalue weighted by molar-refractivity contribution is 7.64. The van der Waals surface area contributed by atoms with Gasteiger partial charge in [0.2, 0.25) is 0 Å². The zero-order valence-electron chi connectivity index (χ0n) is 13.5. The van der Waals surface area contributed by atoms with E-state index in [-0.39, 0.29) is 0 Å². The van der Waals surface area contributed by atoms with E-state index in [1.54, 1.807) is 0 Å². The van der Waals surface area contributed by atoms with Crippen LogP contribution in [0.5, 0.6) is 0 Å². The molecule has 0 amide bonds. The lowest BCUT2D eigenvalue weighted by molar-refractivity contribution is 0.556. The lowest BCUT2D eigenvalue weighted by Crippen LogP contribution is -2.07. The van der Waals surface area contributed by atoms with Gasteiger partial charge in [-0.1, -0.05) is 88.1 Å². The van der Waals surface area contributed by atoms with Crippen molar-refractivity contribution in [1.29, 1.82) is 0 Å². The van der Waals surface area contributed by atoms with Crippen LogP contribution < -0.4 is 0 Å². The Balaban J connectivity index is 1.78. The summed E-state index contributed by atoms with van der Waals surface area (Å²) in [4.78, 5) is 0. The van der Waals surface area contributed by atoms with Gasteiger partial charge in [0.15, 0.2) is 0 Å². The van der Waals surface area contributed by atoms with Gasteiger partial charge in [0.25, 0.3) is 0 Å². The van der Waals surface area contributed by atoms with Gasteiger partial charge in [-0.2, -0.15) is 0 Å². The quantitative estimate of drug-likeness (QED) is 0.186. The van der Waals surface area contributed by atoms with Gasteiger partial charge >= 0.3 is 6.00 Å². The van der Waals surface area contributed by atoms with Crippen molar-refractivity contribution in [2.75, 3.05) is 0 Å². The molecule has 1 rings (SSSR count). The van der Waals surface area contributed by atoms with Crippen LogP contribution >= 0.6 is 33.2 Å². The van der Waals surface area contributed by atoms with Crippen LogP contribution in [0.15, 0.2) is 30.3 Å². The Bertz CT molecular complexity index is 362. The van der Waals surface area contributed by atoms with Gasteiger partial charge in [-0.3, -0.25) is 0 Å². The van der Waals surface area contributed by atoms with E-state index in [9.17, 15) is 0 Å². The molecule has 1 aromatic carbocycles. The SMILES string of the molecule is Cl[Si](Cl)(Cl)CCCCCCCCCCCCc1ccccc1. The fraction of sp³-hybridized carbons (Fsp3) is 0.667. The zero-order valence-corrected chi connectivity index (χ0v) is 16.8. The molecule has 0 N–H and O–H groups in total. The smallest absolute Gasteiger partial charge is 0.126 e. The minimum Gasteiger partial charge on any atom is -0.126 e. The van der Waals surface area contributed by atoms with Crippen LogP contribution in [0.3, 0.4) is 0 Å². The molecule has 0 saturated carbocycles. The Morgan fingerprint density at radius 2 is 1.05 bits per heavy atom. The topological polar surface area (TPSA) is 0 Å². The summed E-state index contributed by atoms with van der Waals surface area (Å²) in [6.45, 7) is 0. The van der Waals surface area contributed by atoms with E-state index in [1.165, 1.54) is 69.8 Å². The summed E-state index contributed by atoms with van der Waals surface area (Å²) in [5.74, 6) is 0. The molecule has 0 nitrogen and oxygen atoms in total. The van der Waals surface area contributed by atoms with Gasteiger partial charge in [-0.05, 0) is 24.4 Å². The lowest BCUT2D eigenvalue weighted by Gasteiger charge is -2.07. The Hall–Kier alpha value is 0.307. The second kappa shape index (κ2) is 12.7. The summed E-state index contributed by atoms with van der Waals surface area (Å²) in [7, 11) is 0. The van der Waals surface area contributed by atoms with Gasteiger partial charge in [-0.15, -0.1) is 33.2 Å². The molecule has 0 bridgehead atoms. The van der Waals surface area contributed by atoms with Gasteiger partial charge in [0.1, 0.15) is 0 Å². The maximum Gasteiger partial charge on any atom is 0.341 e. The predicted octanol–water partition coefficient (Wildman–Crippen LogP) is 7.79. The maximum atomic E-state index is 5.86. The summed E-state index contributed by atoms with van der Waals surface area (Å²) in [5, 5.41) is 0. The molecule has 0 spiro atoms. The van der Waals surface area contributed by atoms with Crippen molar-refractivity contribution in [3.8, 4) is 0 Å². The number of hydrogen-bond donors (Lipinski definition) is 0. The summed E-state index contributed by atoms with van der Waals surface area (Å²) < 4.78 is 0. The average molecular weight is 380 g/mol. The Labute approximate surface area is 151 Å². The van der Waals surface area contributed by atoms with E-state index in [2.05, 4.69) is 30.3 Å². The standard InChI is InChI=1S/C18H29Cl3Si/c19-22(20,21)17-13-8-6-4-2-1-3-5-7-10-14-18-15-11-9-12-16-18/h9,11-12,15-16H,1-8,10,13-14,17H2. The zero-order chi connectivity index (χ0) is 16.1. The van der Waals surface area contributed by atoms with Crippen LogP contribution in [0, 0.1) is 0 Å². The van der Waals surface area contributed by atoms with Crippen molar-refractivity contribution in [1.82, 2.24) is 0 Å². The second-order valence-corrected chi connectivity index (χ2v) is 15.4. The molecule has 0 aliphatic heterocycles. The van der Waals surface area contributed by atoms with Crippen LogP contribution in [0.1, 0.15) is 69.8 Å². The van der Waals surface area contributed by atoms with Crippen LogP contribution in [0.2, 0.25) is 6.04 Å². The molecule has 0 unspecified atom stereocenters. The summed E-state index contributed by atoms with van der Waals surface area (Å²) >= 11 is 17.6. The molecule has 1 aromatic rings. The molecule has 0 aromatic heterocycles. The van der Waals surface area contributed by atoms with Crippen LogP contribution in [-0.4, -0.2) is 6.00 Å². The number of halogens is 3. The Morgan fingerprint density at radius 1 is 0.591 bits per heavy atom. The predicted molar refractivity (Wildman–Crippen MR) is 104 cm³/mol. The number of rotatable bonds is 13. The molecule has 0 fully saturated rings. The minimum atomic E-state index is -2.36. The molecule has 0 atom stereocenters. The molecule has 22 heavy (non-hydrogen) atoms. The maximum absolute atomic E-state index is 5.86. The van der Waals surface area contributed by atoms with E-state index >= 15 is 0 Å². The first kappa shape index (κ1) is 20.4. The average Bonchev–Trinajstić information content (AvgIpc) is 2.48. The normalized spacial score (nSPS) is 11.8. The fourth-order valence-corrected chi connectivity index (χ4v) is 4.57. The fourth-order valence-electron chi connectivity index (χ4n) is 2.71. The monoisotopic (exact) mass is 378 g/mol. The number of hydrogen-bond acceptors (Lipinski definition) is 0. The number of unbranched alkanes of at least 4 members (excludes halogenated alkanes) is 9.